The molecule has 5 nitrogen and oxygen atoms in total. The Bertz CT molecular complexity index is 503. The molecule has 0 saturated heterocycles. The number of aliphatic hydroxyl groups is 1. The van der Waals surface area contributed by atoms with Crippen LogP contribution in [0.3, 0.4) is 0 Å². The van der Waals surface area contributed by atoms with Gasteiger partial charge in [-0.1, -0.05) is 6.07 Å². The fraction of sp³-hybridized carbons (Fsp3) is 0.588. The highest BCUT2D eigenvalue weighted by molar-refractivity contribution is 5.73. The molecular weight excluding hydrogens is 280 g/mol. The molecule has 2 amide bonds. The van der Waals surface area contributed by atoms with E-state index < -0.39 is 0 Å². The van der Waals surface area contributed by atoms with Gasteiger partial charge in [-0.25, -0.2) is 4.79 Å². The topological polar surface area (TPSA) is 70.6 Å². The van der Waals surface area contributed by atoms with Gasteiger partial charge in [0, 0.05) is 19.0 Å². The monoisotopic (exact) mass is 306 g/mol. The highest BCUT2D eigenvalue weighted by atomic mass is 16.5. The third-order valence-corrected chi connectivity index (χ3v) is 4.15. The molecule has 0 unspecified atom stereocenters. The van der Waals surface area contributed by atoms with Gasteiger partial charge in [-0.15, -0.1) is 0 Å². The number of nitrogens with one attached hydrogen (secondary N) is 2. The zero-order valence-corrected chi connectivity index (χ0v) is 13.4. The summed E-state index contributed by atoms with van der Waals surface area (Å²) in [5.41, 5.74) is 2.64. The fourth-order valence-corrected chi connectivity index (χ4v) is 2.90. The van der Waals surface area contributed by atoms with Gasteiger partial charge in [0.15, 0.2) is 0 Å². The molecule has 3 N–H and O–H groups in total. The van der Waals surface area contributed by atoms with Gasteiger partial charge in [0.2, 0.25) is 0 Å². The van der Waals surface area contributed by atoms with E-state index in [4.69, 9.17) is 9.84 Å². The van der Waals surface area contributed by atoms with Crippen molar-refractivity contribution in [3.63, 3.8) is 0 Å². The molecule has 5 heteroatoms. The number of methoxy groups -OCH3 is 1. The standard InChI is InChI=1S/C17H26N2O3/c1-12(20)8-9-18-17(21)19-11-14-5-3-4-13-10-15(22-2)6-7-16(13)14/h6-7,10,12,14,20H,3-5,8-9,11H2,1-2H3,(H2,18,19,21)/t12-,14+/m1/s1. The second-order valence-electron chi connectivity index (χ2n) is 5.93. The van der Waals surface area contributed by atoms with Crippen LogP contribution in [0.2, 0.25) is 0 Å². The summed E-state index contributed by atoms with van der Waals surface area (Å²) in [5.74, 6) is 1.25. The molecule has 2 atom stereocenters. The van der Waals surface area contributed by atoms with Crippen molar-refractivity contribution < 1.29 is 14.6 Å². The van der Waals surface area contributed by atoms with Crippen LogP contribution in [0.15, 0.2) is 18.2 Å². The van der Waals surface area contributed by atoms with Gasteiger partial charge >= 0.3 is 6.03 Å². The summed E-state index contributed by atoms with van der Waals surface area (Å²) in [7, 11) is 1.68. The summed E-state index contributed by atoms with van der Waals surface area (Å²) in [6, 6.07) is 6.04. The Morgan fingerprint density at radius 3 is 3.00 bits per heavy atom. The van der Waals surface area contributed by atoms with E-state index >= 15 is 0 Å². The van der Waals surface area contributed by atoms with Crippen LogP contribution in [0.4, 0.5) is 4.79 Å². The van der Waals surface area contributed by atoms with Crippen molar-refractivity contribution in [3.05, 3.63) is 29.3 Å². The molecule has 0 aliphatic heterocycles. The highest BCUT2D eigenvalue weighted by Crippen LogP contribution is 2.33. The van der Waals surface area contributed by atoms with E-state index in [0.29, 0.717) is 25.4 Å². The second-order valence-corrected chi connectivity index (χ2v) is 5.93. The maximum Gasteiger partial charge on any atom is 0.314 e. The predicted molar refractivity (Wildman–Crippen MR) is 86.4 cm³/mol. The van der Waals surface area contributed by atoms with Crippen LogP contribution >= 0.6 is 0 Å². The summed E-state index contributed by atoms with van der Waals surface area (Å²) >= 11 is 0. The maximum atomic E-state index is 11.8. The second kappa shape index (κ2) is 8.03. The van der Waals surface area contributed by atoms with Gasteiger partial charge < -0.3 is 20.5 Å². The summed E-state index contributed by atoms with van der Waals surface area (Å²) in [5, 5.41) is 14.9. The molecule has 0 saturated carbocycles. The van der Waals surface area contributed by atoms with Crippen LogP contribution in [-0.4, -0.2) is 37.4 Å². The minimum atomic E-state index is -0.388. The molecule has 0 bridgehead atoms. The normalized spacial score (nSPS) is 18.2. The summed E-state index contributed by atoms with van der Waals surface area (Å²) in [4.78, 5) is 11.8. The molecule has 2 rings (SSSR count). The third kappa shape index (κ3) is 4.63. The van der Waals surface area contributed by atoms with E-state index in [1.807, 2.05) is 6.07 Å². The van der Waals surface area contributed by atoms with Crippen molar-refractivity contribution in [3.8, 4) is 5.75 Å². The molecule has 122 valence electrons. The number of aryl methyl sites for hydroxylation is 1. The average Bonchev–Trinajstić information content (AvgIpc) is 2.51. The van der Waals surface area contributed by atoms with Gasteiger partial charge in [0.05, 0.1) is 13.2 Å². The fourth-order valence-electron chi connectivity index (χ4n) is 2.90. The zero-order chi connectivity index (χ0) is 15.9. The van der Waals surface area contributed by atoms with E-state index in [1.165, 1.54) is 11.1 Å². The Morgan fingerprint density at radius 1 is 1.45 bits per heavy atom. The van der Waals surface area contributed by atoms with E-state index in [0.717, 1.165) is 25.0 Å². The number of hydrogen-bond donors (Lipinski definition) is 3. The Labute approximate surface area is 132 Å². The lowest BCUT2D eigenvalue weighted by atomic mass is 9.82. The van der Waals surface area contributed by atoms with Crippen molar-refractivity contribution in [1.29, 1.82) is 0 Å². The molecule has 0 fully saturated rings. The van der Waals surface area contributed by atoms with Gasteiger partial charge in [0.1, 0.15) is 5.75 Å². The Hall–Kier alpha value is -1.75. The summed E-state index contributed by atoms with van der Waals surface area (Å²) < 4.78 is 5.28. The van der Waals surface area contributed by atoms with E-state index in [9.17, 15) is 4.79 Å². The number of benzene rings is 1. The molecule has 0 heterocycles. The molecule has 0 radical (unpaired) electrons. The number of ether oxygens (including phenoxy) is 1. The quantitative estimate of drug-likeness (QED) is 0.754. The van der Waals surface area contributed by atoms with E-state index in [2.05, 4.69) is 22.8 Å². The van der Waals surface area contributed by atoms with Crippen LogP contribution in [0, 0.1) is 0 Å². The van der Waals surface area contributed by atoms with E-state index in [-0.39, 0.29) is 12.1 Å². The Kier molecular flexibility index (Phi) is 6.07. The minimum Gasteiger partial charge on any atom is -0.497 e. The lowest BCUT2D eigenvalue weighted by molar-refractivity contribution is 0.183. The first kappa shape index (κ1) is 16.6. The van der Waals surface area contributed by atoms with Crippen molar-refractivity contribution in [2.75, 3.05) is 20.2 Å². The molecule has 1 aromatic rings. The van der Waals surface area contributed by atoms with E-state index in [1.54, 1.807) is 14.0 Å². The Balaban J connectivity index is 1.86. The van der Waals surface area contributed by atoms with Crippen molar-refractivity contribution >= 4 is 6.03 Å². The number of hydrogen-bond acceptors (Lipinski definition) is 3. The van der Waals surface area contributed by atoms with Crippen molar-refractivity contribution in [2.45, 2.75) is 44.6 Å². The highest BCUT2D eigenvalue weighted by Gasteiger charge is 2.21. The summed E-state index contributed by atoms with van der Waals surface area (Å²) in [6.45, 7) is 2.84. The molecule has 0 spiro atoms. The number of rotatable bonds is 6. The molecule has 0 aromatic heterocycles. The third-order valence-electron chi connectivity index (χ3n) is 4.15. The van der Waals surface area contributed by atoms with Crippen LogP contribution in [-0.2, 0) is 6.42 Å². The summed E-state index contributed by atoms with van der Waals surface area (Å²) in [6.07, 6.45) is 3.48. The van der Waals surface area contributed by atoms with Gasteiger partial charge in [-0.05, 0) is 55.9 Å². The molecular formula is C17H26N2O3. The maximum absolute atomic E-state index is 11.8. The lowest BCUT2D eigenvalue weighted by Gasteiger charge is -2.26. The number of aliphatic hydroxyl groups excluding tert-OH is 1. The molecule has 1 aromatic carbocycles. The lowest BCUT2D eigenvalue weighted by Crippen LogP contribution is -2.39. The minimum absolute atomic E-state index is 0.165. The van der Waals surface area contributed by atoms with Crippen LogP contribution in [0.1, 0.15) is 43.2 Å². The average molecular weight is 306 g/mol. The smallest absolute Gasteiger partial charge is 0.314 e. The number of carbonyl (C=O) groups excluding carboxylic acids is 1. The first-order valence-electron chi connectivity index (χ1n) is 7.96. The first-order chi connectivity index (χ1) is 10.6. The largest absolute Gasteiger partial charge is 0.497 e. The zero-order valence-electron chi connectivity index (χ0n) is 13.4. The molecule has 1 aliphatic rings. The van der Waals surface area contributed by atoms with Gasteiger partial charge in [-0.3, -0.25) is 0 Å². The van der Waals surface area contributed by atoms with Gasteiger partial charge in [0.25, 0.3) is 0 Å². The van der Waals surface area contributed by atoms with Crippen molar-refractivity contribution in [1.82, 2.24) is 10.6 Å². The van der Waals surface area contributed by atoms with Crippen LogP contribution in [0.25, 0.3) is 0 Å². The molecule has 22 heavy (non-hydrogen) atoms. The Morgan fingerprint density at radius 2 is 2.27 bits per heavy atom. The number of fused-ring (bicyclic) bond motifs is 1. The van der Waals surface area contributed by atoms with Crippen molar-refractivity contribution in [2.24, 2.45) is 0 Å². The van der Waals surface area contributed by atoms with Crippen LogP contribution < -0.4 is 15.4 Å². The van der Waals surface area contributed by atoms with Gasteiger partial charge in [-0.2, -0.15) is 0 Å². The first-order valence-corrected chi connectivity index (χ1v) is 7.96. The number of urea groups is 1. The predicted octanol–water partition coefficient (Wildman–Crippen LogP) is 2.19. The van der Waals surface area contributed by atoms with Crippen LogP contribution in [0.5, 0.6) is 5.75 Å². The number of amides is 2. The molecule has 1 aliphatic carbocycles. The SMILES string of the molecule is COc1ccc2c(c1)CCC[C@H]2CNC(=O)NCC[C@@H](C)O. The number of carbonyl (C=O) groups is 1.